The molecule has 3 aromatic rings. The van der Waals surface area contributed by atoms with Gasteiger partial charge in [-0.25, -0.2) is 5.43 Å². The van der Waals surface area contributed by atoms with Gasteiger partial charge in [-0.1, -0.05) is 24.3 Å². The third-order valence-electron chi connectivity index (χ3n) is 3.34. The van der Waals surface area contributed by atoms with E-state index in [0.717, 1.165) is 5.69 Å². The summed E-state index contributed by atoms with van der Waals surface area (Å²) in [6, 6.07) is 17.8. The van der Waals surface area contributed by atoms with E-state index in [0.29, 0.717) is 11.1 Å². The van der Waals surface area contributed by atoms with E-state index >= 15 is 0 Å². The summed E-state index contributed by atoms with van der Waals surface area (Å²) >= 11 is 0. The van der Waals surface area contributed by atoms with Crippen molar-refractivity contribution >= 4 is 12.1 Å². The summed E-state index contributed by atoms with van der Waals surface area (Å²) in [6.07, 6.45) is 5.15. The molecule has 0 aliphatic rings. The lowest BCUT2D eigenvalue weighted by atomic mass is 10.1. The van der Waals surface area contributed by atoms with Crippen molar-refractivity contribution in [3.63, 3.8) is 0 Å². The van der Waals surface area contributed by atoms with Crippen molar-refractivity contribution in [3.8, 4) is 11.4 Å². The van der Waals surface area contributed by atoms with E-state index in [9.17, 15) is 9.90 Å². The highest BCUT2D eigenvalue weighted by Crippen LogP contribution is 2.15. The van der Waals surface area contributed by atoms with Crippen LogP contribution in [0.15, 0.2) is 78.2 Å². The molecule has 0 radical (unpaired) electrons. The zero-order valence-electron chi connectivity index (χ0n) is 12.3. The summed E-state index contributed by atoms with van der Waals surface area (Å²) in [4.78, 5) is 12.3. The fraction of sp³-hybridized carbons (Fsp3) is 0. The molecule has 1 heterocycles. The lowest BCUT2D eigenvalue weighted by Crippen LogP contribution is -2.19. The van der Waals surface area contributed by atoms with Gasteiger partial charge in [-0.2, -0.15) is 5.10 Å². The lowest BCUT2D eigenvalue weighted by Gasteiger charge is -2.09. The number of aromatic hydroxyl groups is 1. The molecule has 1 amide bonds. The van der Waals surface area contributed by atoms with Gasteiger partial charge in [0.25, 0.3) is 5.91 Å². The first kappa shape index (κ1) is 14.6. The number of carbonyl (C=O) groups is 1. The number of hydrazone groups is 1. The zero-order valence-corrected chi connectivity index (χ0v) is 12.3. The molecule has 0 unspecified atom stereocenters. The molecule has 0 atom stereocenters. The largest absolute Gasteiger partial charge is 0.507 e. The van der Waals surface area contributed by atoms with Crippen LogP contribution < -0.4 is 5.43 Å². The van der Waals surface area contributed by atoms with Gasteiger partial charge in [-0.15, -0.1) is 0 Å². The molecule has 0 spiro atoms. The second kappa shape index (κ2) is 6.62. The van der Waals surface area contributed by atoms with E-state index in [1.54, 1.807) is 36.4 Å². The van der Waals surface area contributed by atoms with Crippen molar-refractivity contribution in [1.82, 2.24) is 9.99 Å². The Morgan fingerprint density at radius 2 is 1.70 bits per heavy atom. The first-order valence-electron chi connectivity index (χ1n) is 7.09. The van der Waals surface area contributed by atoms with Crippen LogP contribution in [0.3, 0.4) is 0 Å². The van der Waals surface area contributed by atoms with Crippen LogP contribution in [-0.2, 0) is 0 Å². The molecule has 1 aromatic heterocycles. The minimum atomic E-state index is -0.319. The van der Waals surface area contributed by atoms with Gasteiger partial charge >= 0.3 is 0 Å². The van der Waals surface area contributed by atoms with Gasteiger partial charge in [0.1, 0.15) is 5.75 Å². The Morgan fingerprint density at radius 1 is 1.00 bits per heavy atom. The summed E-state index contributed by atoms with van der Waals surface area (Å²) < 4.78 is 1.86. The Morgan fingerprint density at radius 3 is 2.48 bits per heavy atom. The van der Waals surface area contributed by atoms with Crippen LogP contribution in [0.2, 0.25) is 0 Å². The monoisotopic (exact) mass is 305 g/mol. The van der Waals surface area contributed by atoms with Crippen molar-refractivity contribution in [2.75, 3.05) is 0 Å². The summed E-state index contributed by atoms with van der Waals surface area (Å²) in [7, 11) is 0. The predicted molar refractivity (Wildman–Crippen MR) is 88.9 cm³/mol. The molecule has 2 aromatic carbocycles. The van der Waals surface area contributed by atoms with Gasteiger partial charge in [-0.3, -0.25) is 4.79 Å². The van der Waals surface area contributed by atoms with Crippen LogP contribution in [0.5, 0.6) is 5.75 Å². The number of phenols is 1. The van der Waals surface area contributed by atoms with E-state index in [1.807, 2.05) is 41.2 Å². The number of hydrogen-bond acceptors (Lipinski definition) is 3. The quantitative estimate of drug-likeness (QED) is 0.575. The minimum absolute atomic E-state index is 0.109. The fourth-order valence-electron chi connectivity index (χ4n) is 2.20. The highest BCUT2D eigenvalue weighted by atomic mass is 16.3. The molecule has 0 saturated heterocycles. The van der Waals surface area contributed by atoms with E-state index in [2.05, 4.69) is 10.5 Å². The van der Waals surface area contributed by atoms with Crippen molar-refractivity contribution in [1.29, 1.82) is 0 Å². The van der Waals surface area contributed by atoms with Gasteiger partial charge in [0, 0.05) is 18.0 Å². The number of nitrogens with zero attached hydrogens (tertiary/aromatic N) is 2. The maximum absolute atomic E-state index is 12.3. The van der Waals surface area contributed by atoms with Crippen molar-refractivity contribution in [2.45, 2.75) is 0 Å². The minimum Gasteiger partial charge on any atom is -0.507 e. The number of para-hydroxylation sites is 2. The Kier molecular flexibility index (Phi) is 4.20. The maximum atomic E-state index is 12.3. The molecule has 2 N–H and O–H groups in total. The third kappa shape index (κ3) is 3.29. The van der Waals surface area contributed by atoms with Crippen LogP contribution >= 0.6 is 0 Å². The number of amides is 1. The summed E-state index contributed by atoms with van der Waals surface area (Å²) in [6.45, 7) is 0. The van der Waals surface area contributed by atoms with Gasteiger partial charge < -0.3 is 9.67 Å². The molecule has 23 heavy (non-hydrogen) atoms. The molecule has 0 saturated carbocycles. The first-order chi connectivity index (χ1) is 11.3. The third-order valence-corrected chi connectivity index (χ3v) is 3.34. The van der Waals surface area contributed by atoms with E-state index in [-0.39, 0.29) is 11.7 Å². The van der Waals surface area contributed by atoms with Crippen LogP contribution in [0.4, 0.5) is 0 Å². The topological polar surface area (TPSA) is 66.6 Å². The van der Waals surface area contributed by atoms with Gasteiger partial charge in [0.05, 0.1) is 17.5 Å². The Hall–Kier alpha value is -3.34. The second-order valence-electron chi connectivity index (χ2n) is 4.87. The molecular weight excluding hydrogens is 290 g/mol. The van der Waals surface area contributed by atoms with Gasteiger partial charge in [0.15, 0.2) is 0 Å². The molecule has 0 fully saturated rings. The van der Waals surface area contributed by atoms with E-state index < -0.39 is 0 Å². The van der Waals surface area contributed by atoms with Crippen molar-refractivity contribution in [2.24, 2.45) is 5.10 Å². The van der Waals surface area contributed by atoms with E-state index in [4.69, 9.17) is 0 Å². The highest BCUT2D eigenvalue weighted by Gasteiger charge is 2.10. The molecule has 5 heteroatoms. The summed E-state index contributed by atoms with van der Waals surface area (Å²) in [5.74, 6) is -0.209. The molecule has 0 bridgehead atoms. The maximum Gasteiger partial charge on any atom is 0.273 e. The number of nitrogens with one attached hydrogen (secondary N) is 1. The number of aromatic nitrogens is 1. The molecule has 0 aliphatic heterocycles. The first-order valence-corrected chi connectivity index (χ1v) is 7.09. The molecule has 5 nitrogen and oxygen atoms in total. The van der Waals surface area contributed by atoms with Crippen LogP contribution in [0.25, 0.3) is 5.69 Å². The Labute approximate surface area is 133 Å². The number of benzene rings is 2. The molecule has 0 aliphatic carbocycles. The zero-order chi connectivity index (χ0) is 16.1. The Balaban J connectivity index is 1.78. The average molecular weight is 305 g/mol. The van der Waals surface area contributed by atoms with Gasteiger partial charge in [0.2, 0.25) is 0 Å². The number of phenolic OH excluding ortho intramolecular Hbond substituents is 1. The summed E-state index contributed by atoms with van der Waals surface area (Å²) in [5, 5.41) is 13.6. The molecule has 114 valence electrons. The predicted octanol–water partition coefficient (Wildman–Crippen LogP) is 2.95. The van der Waals surface area contributed by atoms with E-state index in [1.165, 1.54) is 6.21 Å². The average Bonchev–Trinajstić information content (AvgIpc) is 3.11. The van der Waals surface area contributed by atoms with Crippen LogP contribution in [0.1, 0.15) is 15.9 Å². The lowest BCUT2D eigenvalue weighted by molar-refractivity contribution is 0.0955. The Bertz CT molecular complexity index is 839. The fourth-order valence-corrected chi connectivity index (χ4v) is 2.20. The molecule has 3 rings (SSSR count). The smallest absolute Gasteiger partial charge is 0.273 e. The second-order valence-corrected chi connectivity index (χ2v) is 4.87. The van der Waals surface area contributed by atoms with Crippen molar-refractivity contribution < 1.29 is 9.90 Å². The van der Waals surface area contributed by atoms with Crippen LogP contribution in [0, 0.1) is 0 Å². The van der Waals surface area contributed by atoms with Crippen molar-refractivity contribution in [3.05, 3.63) is 84.2 Å². The molecular formula is C18H15N3O2. The van der Waals surface area contributed by atoms with Gasteiger partial charge in [-0.05, 0) is 36.4 Å². The normalized spacial score (nSPS) is 10.8. The number of carbonyl (C=O) groups excluding carboxylic acids is 1. The number of rotatable bonds is 4. The highest BCUT2D eigenvalue weighted by molar-refractivity contribution is 5.98. The number of hydrogen-bond donors (Lipinski definition) is 2. The summed E-state index contributed by atoms with van der Waals surface area (Å²) in [5.41, 5.74) is 4.30. The van der Waals surface area contributed by atoms with Crippen LogP contribution in [-0.4, -0.2) is 21.8 Å². The SMILES string of the molecule is O=C(NN=Cc1ccccc1O)c1ccccc1-n1cccc1. The standard InChI is InChI=1S/C18H15N3O2/c22-17-10-4-1-7-14(17)13-19-20-18(23)15-8-2-3-9-16(15)21-11-5-6-12-21/h1-13,22H,(H,20,23).